The van der Waals surface area contributed by atoms with Crippen molar-refractivity contribution in [2.75, 3.05) is 0 Å². The largest absolute Gasteiger partial charge is 0.385 e. The Morgan fingerprint density at radius 1 is 1.20 bits per heavy atom. The van der Waals surface area contributed by atoms with Crippen LogP contribution in [0.3, 0.4) is 0 Å². The van der Waals surface area contributed by atoms with Crippen LogP contribution in [0, 0.1) is 11.8 Å². The third-order valence-corrected chi connectivity index (χ3v) is 3.35. The predicted octanol–water partition coefficient (Wildman–Crippen LogP) is 2.93. The van der Waals surface area contributed by atoms with Crippen molar-refractivity contribution in [2.45, 2.75) is 64.9 Å². The monoisotopic (exact) mass is 212 g/mol. The van der Waals surface area contributed by atoms with Gasteiger partial charge >= 0.3 is 0 Å². The van der Waals surface area contributed by atoms with Crippen LogP contribution in [0.25, 0.3) is 0 Å². The van der Waals surface area contributed by atoms with Crippen LogP contribution in [0.15, 0.2) is 0 Å². The Labute approximate surface area is 93.1 Å². The molecule has 15 heavy (non-hydrogen) atoms. The summed E-state index contributed by atoms with van der Waals surface area (Å²) >= 11 is 0. The molecule has 88 valence electrons. The minimum absolute atomic E-state index is 0.107. The van der Waals surface area contributed by atoms with Crippen molar-refractivity contribution >= 4 is 5.78 Å². The fourth-order valence-corrected chi connectivity index (χ4v) is 2.29. The predicted molar refractivity (Wildman–Crippen MR) is 61.7 cm³/mol. The van der Waals surface area contributed by atoms with E-state index in [0.717, 1.165) is 32.1 Å². The summed E-state index contributed by atoms with van der Waals surface area (Å²) in [7, 11) is 0. The number of rotatable bonds is 5. The summed E-state index contributed by atoms with van der Waals surface area (Å²) in [5, 5.41) is 9.77. The smallest absolute Gasteiger partial charge is 0.164 e. The van der Waals surface area contributed by atoms with Crippen LogP contribution in [0.4, 0.5) is 0 Å². The van der Waals surface area contributed by atoms with E-state index in [1.165, 1.54) is 6.42 Å². The van der Waals surface area contributed by atoms with Gasteiger partial charge in [0, 0.05) is 5.92 Å². The Morgan fingerprint density at radius 3 is 2.33 bits per heavy atom. The average Bonchev–Trinajstić information content (AvgIpc) is 2.26. The van der Waals surface area contributed by atoms with Gasteiger partial charge in [-0.3, -0.25) is 4.79 Å². The molecule has 2 heteroatoms. The molecule has 1 saturated carbocycles. The quantitative estimate of drug-likeness (QED) is 0.760. The molecule has 0 heterocycles. The number of ketones is 1. The minimum atomic E-state index is -0.699. The second kappa shape index (κ2) is 6.26. The minimum Gasteiger partial charge on any atom is -0.385 e. The molecular weight excluding hydrogens is 188 g/mol. The maximum atomic E-state index is 11.9. The van der Waals surface area contributed by atoms with Crippen molar-refractivity contribution < 1.29 is 9.90 Å². The Hall–Kier alpha value is -0.370. The van der Waals surface area contributed by atoms with E-state index in [9.17, 15) is 9.90 Å². The lowest BCUT2D eigenvalue weighted by atomic mass is 9.83. The third-order valence-electron chi connectivity index (χ3n) is 3.35. The summed E-state index contributed by atoms with van der Waals surface area (Å²) in [4.78, 5) is 11.9. The van der Waals surface area contributed by atoms with Gasteiger partial charge in [-0.25, -0.2) is 0 Å². The van der Waals surface area contributed by atoms with Gasteiger partial charge in [-0.15, -0.1) is 0 Å². The molecule has 0 aliphatic heterocycles. The van der Waals surface area contributed by atoms with Gasteiger partial charge in [-0.05, 0) is 31.6 Å². The highest BCUT2D eigenvalue weighted by molar-refractivity contribution is 5.85. The van der Waals surface area contributed by atoms with Crippen LogP contribution in [-0.2, 0) is 4.79 Å². The SMILES string of the molecule is CC(C)CCC(O)C(=O)C1CCCCC1. The first kappa shape index (κ1) is 12.7. The molecule has 1 aliphatic carbocycles. The van der Waals surface area contributed by atoms with Gasteiger partial charge < -0.3 is 5.11 Å². The molecule has 0 aromatic rings. The molecule has 0 amide bonds. The van der Waals surface area contributed by atoms with E-state index in [4.69, 9.17) is 0 Å². The highest BCUT2D eigenvalue weighted by atomic mass is 16.3. The first-order chi connectivity index (χ1) is 7.11. The van der Waals surface area contributed by atoms with Crippen molar-refractivity contribution in [1.82, 2.24) is 0 Å². The van der Waals surface area contributed by atoms with E-state index in [0.29, 0.717) is 12.3 Å². The summed E-state index contributed by atoms with van der Waals surface area (Å²) in [5.41, 5.74) is 0. The zero-order valence-corrected chi connectivity index (χ0v) is 10.0. The second-order valence-corrected chi connectivity index (χ2v) is 5.22. The van der Waals surface area contributed by atoms with Gasteiger partial charge in [-0.2, -0.15) is 0 Å². The zero-order valence-electron chi connectivity index (χ0n) is 10.0. The molecule has 0 bridgehead atoms. The Morgan fingerprint density at radius 2 is 1.80 bits per heavy atom. The van der Waals surface area contributed by atoms with Crippen molar-refractivity contribution in [3.63, 3.8) is 0 Å². The Bertz CT molecular complexity index is 193. The summed E-state index contributed by atoms with van der Waals surface area (Å²) in [6, 6.07) is 0. The van der Waals surface area contributed by atoms with Crippen LogP contribution in [0.5, 0.6) is 0 Å². The molecule has 0 aromatic heterocycles. The molecule has 0 spiro atoms. The fraction of sp³-hybridized carbons (Fsp3) is 0.923. The highest BCUT2D eigenvalue weighted by Crippen LogP contribution is 2.26. The van der Waals surface area contributed by atoms with Gasteiger partial charge in [0.05, 0.1) is 0 Å². The van der Waals surface area contributed by atoms with Crippen LogP contribution in [0.1, 0.15) is 58.8 Å². The Kier molecular flexibility index (Phi) is 5.30. The number of hydrogen-bond donors (Lipinski definition) is 1. The topological polar surface area (TPSA) is 37.3 Å². The number of Topliss-reactive ketones (excluding diaryl/α,β-unsaturated/α-hetero) is 1. The van der Waals surface area contributed by atoms with Gasteiger partial charge in [-0.1, -0.05) is 33.1 Å². The standard InChI is InChI=1S/C13H24O2/c1-10(2)8-9-12(14)13(15)11-6-4-3-5-7-11/h10-12,14H,3-9H2,1-2H3. The van der Waals surface area contributed by atoms with E-state index in [1.54, 1.807) is 0 Å². The lowest BCUT2D eigenvalue weighted by Gasteiger charge is -2.23. The molecular formula is C13H24O2. The van der Waals surface area contributed by atoms with Crippen molar-refractivity contribution in [1.29, 1.82) is 0 Å². The molecule has 1 atom stereocenters. The average molecular weight is 212 g/mol. The van der Waals surface area contributed by atoms with Gasteiger partial charge in [0.1, 0.15) is 6.10 Å². The van der Waals surface area contributed by atoms with Crippen molar-refractivity contribution in [2.24, 2.45) is 11.8 Å². The number of aliphatic hydroxyl groups is 1. The number of carbonyl (C=O) groups is 1. The Balaban J connectivity index is 2.30. The van der Waals surface area contributed by atoms with E-state index >= 15 is 0 Å². The summed E-state index contributed by atoms with van der Waals surface area (Å²) in [5.74, 6) is 0.829. The van der Waals surface area contributed by atoms with Crippen LogP contribution in [-0.4, -0.2) is 17.0 Å². The molecule has 1 aliphatic rings. The lowest BCUT2D eigenvalue weighted by Crippen LogP contribution is -2.29. The van der Waals surface area contributed by atoms with Gasteiger partial charge in [0.2, 0.25) is 0 Å². The summed E-state index contributed by atoms with van der Waals surface area (Å²) in [6.07, 6.45) is 6.46. The molecule has 0 radical (unpaired) electrons. The lowest BCUT2D eigenvalue weighted by molar-refractivity contribution is -0.132. The molecule has 2 nitrogen and oxygen atoms in total. The zero-order chi connectivity index (χ0) is 11.3. The van der Waals surface area contributed by atoms with E-state index < -0.39 is 6.10 Å². The van der Waals surface area contributed by atoms with E-state index in [-0.39, 0.29) is 11.7 Å². The van der Waals surface area contributed by atoms with E-state index in [2.05, 4.69) is 13.8 Å². The van der Waals surface area contributed by atoms with Crippen molar-refractivity contribution in [3.8, 4) is 0 Å². The van der Waals surface area contributed by atoms with Crippen molar-refractivity contribution in [3.05, 3.63) is 0 Å². The molecule has 1 N–H and O–H groups in total. The molecule has 1 unspecified atom stereocenters. The molecule has 1 fully saturated rings. The number of carbonyl (C=O) groups excluding carboxylic acids is 1. The van der Waals surface area contributed by atoms with Gasteiger partial charge in [0.15, 0.2) is 5.78 Å². The number of aliphatic hydroxyl groups excluding tert-OH is 1. The maximum absolute atomic E-state index is 11.9. The number of hydrogen-bond acceptors (Lipinski definition) is 2. The van der Waals surface area contributed by atoms with Gasteiger partial charge in [0.25, 0.3) is 0 Å². The summed E-state index contributed by atoms with van der Waals surface area (Å²) in [6.45, 7) is 4.25. The first-order valence-corrected chi connectivity index (χ1v) is 6.33. The van der Waals surface area contributed by atoms with Crippen LogP contribution in [0.2, 0.25) is 0 Å². The first-order valence-electron chi connectivity index (χ1n) is 6.33. The second-order valence-electron chi connectivity index (χ2n) is 5.22. The summed E-state index contributed by atoms with van der Waals surface area (Å²) < 4.78 is 0. The highest BCUT2D eigenvalue weighted by Gasteiger charge is 2.26. The fourth-order valence-electron chi connectivity index (χ4n) is 2.29. The molecule has 1 rings (SSSR count). The van der Waals surface area contributed by atoms with Crippen LogP contribution < -0.4 is 0 Å². The molecule has 0 saturated heterocycles. The molecule has 0 aromatic carbocycles. The maximum Gasteiger partial charge on any atom is 0.164 e. The van der Waals surface area contributed by atoms with E-state index in [1.807, 2.05) is 0 Å². The van der Waals surface area contributed by atoms with Crippen LogP contribution >= 0.6 is 0 Å². The normalized spacial score (nSPS) is 20.5. The third kappa shape index (κ3) is 4.33.